The second-order valence-corrected chi connectivity index (χ2v) is 8.42. The van der Waals surface area contributed by atoms with Crippen LogP contribution < -0.4 is 10.6 Å². The number of aliphatic carboxylic acids is 1. The van der Waals surface area contributed by atoms with Gasteiger partial charge in [-0.05, 0) is 35.6 Å². The highest BCUT2D eigenvalue weighted by atomic mass is 16.5. The average molecular weight is 424 g/mol. The van der Waals surface area contributed by atoms with E-state index in [4.69, 9.17) is 9.84 Å². The second kappa shape index (κ2) is 9.20. The fraction of sp³-hybridized carbons (Fsp3) is 0.375. The molecule has 0 spiro atoms. The Morgan fingerprint density at radius 1 is 1.03 bits per heavy atom. The Kier molecular flexibility index (Phi) is 6.63. The Morgan fingerprint density at radius 3 is 2.13 bits per heavy atom. The number of carbonyl (C=O) groups excluding carboxylic acids is 2. The lowest BCUT2D eigenvalue weighted by molar-refractivity contribution is -0.143. The number of fused-ring (bicyclic) bond motifs is 3. The zero-order valence-electron chi connectivity index (χ0n) is 18.0. The van der Waals surface area contributed by atoms with Crippen molar-refractivity contribution in [1.82, 2.24) is 10.6 Å². The van der Waals surface area contributed by atoms with Crippen LogP contribution >= 0.6 is 0 Å². The average Bonchev–Trinajstić information content (AvgIpc) is 3.05. The predicted molar refractivity (Wildman–Crippen MR) is 117 cm³/mol. The standard InChI is InChI=1S/C24H28N2O5/c1-15(21(27)28)26-22(29)24(2,3)12-13-25-23(30)31-14-20-18-10-6-4-8-16(18)17-9-5-7-11-19(17)20/h4-11,15,20H,12-14H2,1-3H3,(H,25,30)(H,26,29)(H,27,28)/t15-/m0/s1. The number of ether oxygens (including phenoxy) is 1. The van der Waals surface area contributed by atoms with Crippen LogP contribution in [0.1, 0.15) is 44.2 Å². The molecule has 2 aromatic rings. The molecule has 2 amide bonds. The largest absolute Gasteiger partial charge is 0.480 e. The number of carbonyl (C=O) groups is 3. The maximum atomic E-state index is 12.3. The molecule has 164 valence electrons. The first kappa shape index (κ1) is 22.3. The molecule has 1 atom stereocenters. The minimum Gasteiger partial charge on any atom is -0.480 e. The fourth-order valence-corrected chi connectivity index (χ4v) is 3.69. The first-order valence-electron chi connectivity index (χ1n) is 10.3. The lowest BCUT2D eigenvalue weighted by atomic mass is 9.88. The summed E-state index contributed by atoms with van der Waals surface area (Å²) in [6, 6.07) is 15.3. The Hall–Kier alpha value is -3.35. The van der Waals surface area contributed by atoms with Gasteiger partial charge in [-0.15, -0.1) is 0 Å². The Bertz CT molecular complexity index is 940. The van der Waals surface area contributed by atoms with E-state index in [9.17, 15) is 14.4 Å². The molecule has 3 N–H and O–H groups in total. The summed E-state index contributed by atoms with van der Waals surface area (Å²) in [6.07, 6.45) is -0.202. The van der Waals surface area contributed by atoms with Crippen molar-refractivity contribution in [2.24, 2.45) is 5.41 Å². The highest BCUT2D eigenvalue weighted by Gasteiger charge is 2.31. The smallest absolute Gasteiger partial charge is 0.407 e. The van der Waals surface area contributed by atoms with Crippen molar-refractivity contribution in [3.05, 3.63) is 59.7 Å². The van der Waals surface area contributed by atoms with E-state index in [1.807, 2.05) is 24.3 Å². The van der Waals surface area contributed by atoms with E-state index in [0.29, 0.717) is 6.42 Å². The normalized spacial score (nSPS) is 13.6. The van der Waals surface area contributed by atoms with E-state index in [1.54, 1.807) is 13.8 Å². The number of hydrogen-bond acceptors (Lipinski definition) is 4. The molecule has 0 aromatic heterocycles. The molecule has 0 saturated carbocycles. The molecule has 1 aliphatic carbocycles. The predicted octanol–water partition coefficient (Wildman–Crippen LogP) is 3.53. The van der Waals surface area contributed by atoms with Crippen molar-refractivity contribution in [3.63, 3.8) is 0 Å². The molecule has 31 heavy (non-hydrogen) atoms. The van der Waals surface area contributed by atoms with Crippen molar-refractivity contribution in [2.45, 2.75) is 39.2 Å². The lowest BCUT2D eigenvalue weighted by Crippen LogP contribution is -2.46. The molecule has 0 radical (unpaired) electrons. The second-order valence-electron chi connectivity index (χ2n) is 8.42. The van der Waals surface area contributed by atoms with E-state index in [2.05, 4.69) is 34.9 Å². The summed E-state index contributed by atoms with van der Waals surface area (Å²) in [5, 5.41) is 14.1. The Balaban J connectivity index is 1.51. The molecule has 2 aromatic carbocycles. The summed E-state index contributed by atoms with van der Waals surface area (Å²) in [5.41, 5.74) is 3.77. The zero-order chi connectivity index (χ0) is 22.6. The van der Waals surface area contributed by atoms with Crippen molar-refractivity contribution in [3.8, 4) is 11.1 Å². The van der Waals surface area contributed by atoms with E-state index >= 15 is 0 Å². The van der Waals surface area contributed by atoms with E-state index in [1.165, 1.54) is 6.92 Å². The van der Waals surface area contributed by atoms with Crippen LogP contribution in [-0.4, -0.2) is 42.3 Å². The van der Waals surface area contributed by atoms with Crippen LogP contribution in [0.2, 0.25) is 0 Å². The van der Waals surface area contributed by atoms with Crippen LogP contribution in [0.25, 0.3) is 11.1 Å². The van der Waals surface area contributed by atoms with Crippen LogP contribution in [-0.2, 0) is 14.3 Å². The molecule has 0 aliphatic heterocycles. The van der Waals surface area contributed by atoms with Gasteiger partial charge < -0.3 is 20.5 Å². The molecule has 7 nitrogen and oxygen atoms in total. The summed E-state index contributed by atoms with van der Waals surface area (Å²) in [5.74, 6) is -1.49. The molecule has 0 unspecified atom stereocenters. The zero-order valence-corrected chi connectivity index (χ0v) is 18.0. The van der Waals surface area contributed by atoms with E-state index < -0.39 is 23.5 Å². The number of nitrogens with one attached hydrogen (secondary N) is 2. The van der Waals surface area contributed by atoms with E-state index in [0.717, 1.165) is 22.3 Å². The number of alkyl carbamates (subject to hydrolysis) is 1. The molecule has 3 rings (SSSR count). The third-order valence-corrected chi connectivity index (χ3v) is 5.70. The minimum absolute atomic E-state index is 0.0159. The number of carboxylic acids is 1. The maximum absolute atomic E-state index is 12.3. The van der Waals surface area contributed by atoms with Gasteiger partial charge in [0.05, 0.1) is 0 Å². The molecule has 0 bridgehead atoms. The van der Waals surface area contributed by atoms with Gasteiger partial charge in [0.25, 0.3) is 0 Å². The third kappa shape index (κ3) is 5.05. The quantitative estimate of drug-likeness (QED) is 0.601. The maximum Gasteiger partial charge on any atom is 0.407 e. The van der Waals surface area contributed by atoms with Gasteiger partial charge in [-0.2, -0.15) is 0 Å². The van der Waals surface area contributed by atoms with Gasteiger partial charge in [-0.25, -0.2) is 4.79 Å². The van der Waals surface area contributed by atoms with Crippen molar-refractivity contribution < 1.29 is 24.2 Å². The summed E-state index contributed by atoms with van der Waals surface area (Å²) in [7, 11) is 0. The van der Waals surface area contributed by atoms with Gasteiger partial charge in [0.15, 0.2) is 0 Å². The minimum atomic E-state index is -1.10. The molecule has 7 heteroatoms. The molecule has 0 saturated heterocycles. The van der Waals surface area contributed by atoms with Crippen molar-refractivity contribution >= 4 is 18.0 Å². The Labute approximate surface area is 181 Å². The molecule has 0 heterocycles. The van der Waals surface area contributed by atoms with Gasteiger partial charge >= 0.3 is 12.1 Å². The summed E-state index contributed by atoms with van der Waals surface area (Å²) in [4.78, 5) is 35.4. The number of amides is 2. The number of benzene rings is 2. The van der Waals surface area contributed by atoms with Crippen LogP contribution in [0.15, 0.2) is 48.5 Å². The molecule has 0 fully saturated rings. The van der Waals surface area contributed by atoms with Gasteiger partial charge in [-0.1, -0.05) is 62.4 Å². The van der Waals surface area contributed by atoms with Gasteiger partial charge in [0.1, 0.15) is 12.6 Å². The summed E-state index contributed by atoms with van der Waals surface area (Å²) in [6.45, 7) is 5.27. The lowest BCUT2D eigenvalue weighted by Gasteiger charge is -2.25. The monoisotopic (exact) mass is 424 g/mol. The van der Waals surface area contributed by atoms with Gasteiger partial charge in [0, 0.05) is 17.9 Å². The first-order chi connectivity index (χ1) is 14.7. The third-order valence-electron chi connectivity index (χ3n) is 5.70. The first-order valence-corrected chi connectivity index (χ1v) is 10.3. The fourth-order valence-electron chi connectivity index (χ4n) is 3.69. The Morgan fingerprint density at radius 2 is 1.58 bits per heavy atom. The summed E-state index contributed by atoms with van der Waals surface area (Å²) >= 11 is 0. The van der Waals surface area contributed by atoms with Crippen LogP contribution in [0.4, 0.5) is 4.79 Å². The van der Waals surface area contributed by atoms with Crippen molar-refractivity contribution in [1.29, 1.82) is 0 Å². The summed E-state index contributed by atoms with van der Waals surface area (Å²) < 4.78 is 5.48. The van der Waals surface area contributed by atoms with Crippen LogP contribution in [0.3, 0.4) is 0 Å². The molecule has 1 aliphatic rings. The van der Waals surface area contributed by atoms with E-state index in [-0.39, 0.29) is 25.0 Å². The highest BCUT2D eigenvalue weighted by Crippen LogP contribution is 2.44. The topological polar surface area (TPSA) is 105 Å². The van der Waals surface area contributed by atoms with Crippen LogP contribution in [0, 0.1) is 5.41 Å². The van der Waals surface area contributed by atoms with Gasteiger partial charge in [-0.3, -0.25) is 9.59 Å². The molecular weight excluding hydrogens is 396 g/mol. The van der Waals surface area contributed by atoms with Crippen LogP contribution in [0.5, 0.6) is 0 Å². The van der Waals surface area contributed by atoms with Crippen molar-refractivity contribution in [2.75, 3.05) is 13.2 Å². The molecular formula is C24H28N2O5. The number of rotatable bonds is 8. The number of carboxylic acid groups (broad SMARTS) is 1. The number of hydrogen-bond donors (Lipinski definition) is 3. The van der Waals surface area contributed by atoms with Gasteiger partial charge in [0.2, 0.25) is 5.91 Å². The SMILES string of the molecule is C[C@H](NC(=O)C(C)(C)CCNC(=O)OCC1c2ccccc2-c2ccccc21)C(=O)O. The highest BCUT2D eigenvalue weighted by molar-refractivity contribution is 5.86.